The van der Waals surface area contributed by atoms with E-state index in [1.807, 2.05) is 0 Å². The van der Waals surface area contributed by atoms with Gasteiger partial charge in [0.25, 0.3) is 0 Å². The Kier molecular flexibility index (Phi) is 6.49. The molecule has 1 atom stereocenters. The summed E-state index contributed by atoms with van der Waals surface area (Å²) in [6.45, 7) is 9.93. The van der Waals surface area contributed by atoms with Crippen LogP contribution in [0.3, 0.4) is 0 Å². The summed E-state index contributed by atoms with van der Waals surface area (Å²) in [6.07, 6.45) is 0. The Bertz CT molecular complexity index is 400. The van der Waals surface area contributed by atoms with Crippen molar-refractivity contribution in [3.05, 3.63) is 29.8 Å². The molecule has 1 aliphatic rings. The van der Waals surface area contributed by atoms with Gasteiger partial charge in [0.05, 0.1) is 25.9 Å². The minimum Gasteiger partial charge on any atom is -0.383 e. The maximum Gasteiger partial charge on any atom is 0.0666 e. The Labute approximate surface area is 128 Å². The van der Waals surface area contributed by atoms with Crippen LogP contribution in [0.2, 0.25) is 0 Å². The third-order valence-electron chi connectivity index (χ3n) is 3.97. The number of nitrogens with one attached hydrogen (secondary N) is 1. The third kappa shape index (κ3) is 5.30. The van der Waals surface area contributed by atoms with Gasteiger partial charge in [-0.15, -0.1) is 0 Å². The average molecular weight is 292 g/mol. The van der Waals surface area contributed by atoms with Gasteiger partial charge in [0.2, 0.25) is 0 Å². The molecule has 0 bridgehead atoms. The van der Waals surface area contributed by atoms with Crippen molar-refractivity contribution in [3.8, 4) is 0 Å². The highest BCUT2D eigenvalue weighted by Gasteiger charge is 2.13. The molecule has 1 aromatic carbocycles. The van der Waals surface area contributed by atoms with Crippen LogP contribution >= 0.6 is 0 Å². The van der Waals surface area contributed by atoms with E-state index in [-0.39, 0.29) is 0 Å². The Hall–Kier alpha value is -1.10. The zero-order valence-corrected chi connectivity index (χ0v) is 13.5. The lowest BCUT2D eigenvalue weighted by Gasteiger charge is -2.27. The molecule has 21 heavy (non-hydrogen) atoms. The Morgan fingerprint density at radius 3 is 2.43 bits per heavy atom. The number of benzene rings is 1. The normalized spacial score (nSPS) is 17.9. The fourth-order valence-electron chi connectivity index (χ4n) is 2.52. The van der Waals surface area contributed by atoms with E-state index in [2.05, 4.69) is 48.3 Å². The fourth-order valence-corrected chi connectivity index (χ4v) is 2.52. The van der Waals surface area contributed by atoms with Gasteiger partial charge >= 0.3 is 0 Å². The van der Waals surface area contributed by atoms with Crippen LogP contribution < -0.4 is 5.32 Å². The molecule has 1 aliphatic heterocycles. The quantitative estimate of drug-likeness (QED) is 0.837. The van der Waals surface area contributed by atoms with Gasteiger partial charge < -0.3 is 14.8 Å². The summed E-state index contributed by atoms with van der Waals surface area (Å²) in [4.78, 5) is 2.44. The van der Waals surface area contributed by atoms with Gasteiger partial charge in [-0.2, -0.15) is 0 Å². The zero-order valence-electron chi connectivity index (χ0n) is 13.5. The van der Waals surface area contributed by atoms with E-state index in [1.165, 1.54) is 5.56 Å². The molecule has 0 aliphatic carbocycles. The highest BCUT2D eigenvalue weighted by molar-refractivity contribution is 5.45. The lowest BCUT2D eigenvalue weighted by atomic mass is 10.0. The first-order valence-corrected chi connectivity index (χ1v) is 7.83. The second kappa shape index (κ2) is 8.37. The van der Waals surface area contributed by atoms with Crippen LogP contribution in [0.4, 0.5) is 5.69 Å². The first-order chi connectivity index (χ1) is 10.2. The van der Waals surface area contributed by atoms with Crippen molar-refractivity contribution < 1.29 is 9.47 Å². The SMILES string of the molecule is COCC(Nc1ccc(CN2CCOCC2)cc1)C(C)C. The summed E-state index contributed by atoms with van der Waals surface area (Å²) >= 11 is 0. The summed E-state index contributed by atoms with van der Waals surface area (Å²) in [6, 6.07) is 9.10. The molecule has 118 valence electrons. The van der Waals surface area contributed by atoms with Gasteiger partial charge in [0.15, 0.2) is 0 Å². The van der Waals surface area contributed by atoms with Crippen LogP contribution in [0.5, 0.6) is 0 Å². The average Bonchev–Trinajstić information content (AvgIpc) is 2.49. The number of nitrogens with zero attached hydrogens (tertiary/aromatic N) is 1. The van der Waals surface area contributed by atoms with Crippen LogP contribution in [0.1, 0.15) is 19.4 Å². The molecule has 4 heteroatoms. The van der Waals surface area contributed by atoms with Crippen molar-refractivity contribution in [2.75, 3.05) is 45.3 Å². The lowest BCUT2D eigenvalue weighted by molar-refractivity contribution is 0.0342. The van der Waals surface area contributed by atoms with Crippen molar-refractivity contribution in [2.45, 2.75) is 26.4 Å². The van der Waals surface area contributed by atoms with E-state index in [9.17, 15) is 0 Å². The predicted octanol–water partition coefficient (Wildman–Crippen LogP) is 2.60. The Morgan fingerprint density at radius 2 is 1.86 bits per heavy atom. The molecule has 0 radical (unpaired) electrons. The number of hydrogen-bond donors (Lipinski definition) is 1. The second-order valence-electron chi connectivity index (χ2n) is 6.04. The van der Waals surface area contributed by atoms with E-state index in [4.69, 9.17) is 9.47 Å². The number of ether oxygens (including phenoxy) is 2. The number of anilines is 1. The van der Waals surface area contributed by atoms with Gasteiger partial charge in [-0.1, -0.05) is 26.0 Å². The summed E-state index contributed by atoms with van der Waals surface area (Å²) in [7, 11) is 1.75. The van der Waals surface area contributed by atoms with Gasteiger partial charge in [-0.25, -0.2) is 0 Å². The molecule has 1 aromatic rings. The van der Waals surface area contributed by atoms with Crippen LogP contribution in [0, 0.1) is 5.92 Å². The van der Waals surface area contributed by atoms with Crippen LogP contribution in [-0.2, 0) is 16.0 Å². The molecule has 1 N–H and O–H groups in total. The standard InChI is InChI=1S/C17H28N2O2/c1-14(2)17(13-20-3)18-16-6-4-15(5-7-16)12-19-8-10-21-11-9-19/h4-7,14,17-18H,8-13H2,1-3H3. The van der Waals surface area contributed by atoms with Gasteiger partial charge in [0, 0.05) is 32.4 Å². The molecule has 0 saturated carbocycles. The summed E-state index contributed by atoms with van der Waals surface area (Å²) < 4.78 is 10.7. The first kappa shape index (κ1) is 16.3. The van der Waals surface area contributed by atoms with E-state index < -0.39 is 0 Å². The minimum atomic E-state index is 0.347. The van der Waals surface area contributed by atoms with Crippen molar-refractivity contribution in [2.24, 2.45) is 5.92 Å². The maximum absolute atomic E-state index is 5.38. The number of methoxy groups -OCH3 is 1. The number of morpholine rings is 1. The van der Waals surface area contributed by atoms with Crippen LogP contribution in [0.25, 0.3) is 0 Å². The van der Waals surface area contributed by atoms with Gasteiger partial charge in [0.1, 0.15) is 0 Å². The van der Waals surface area contributed by atoms with Gasteiger partial charge in [-0.3, -0.25) is 4.90 Å². The van der Waals surface area contributed by atoms with Crippen LogP contribution in [-0.4, -0.2) is 51.0 Å². The molecule has 1 unspecified atom stereocenters. The summed E-state index contributed by atoms with van der Waals surface area (Å²) in [5, 5.41) is 3.55. The third-order valence-corrected chi connectivity index (χ3v) is 3.97. The molecular weight excluding hydrogens is 264 g/mol. The summed E-state index contributed by atoms with van der Waals surface area (Å²) in [5.74, 6) is 0.540. The molecule has 1 fully saturated rings. The smallest absolute Gasteiger partial charge is 0.0666 e. The maximum atomic E-state index is 5.38. The minimum absolute atomic E-state index is 0.347. The lowest BCUT2D eigenvalue weighted by Crippen LogP contribution is -2.35. The molecular formula is C17H28N2O2. The highest BCUT2D eigenvalue weighted by atomic mass is 16.5. The van der Waals surface area contributed by atoms with E-state index in [1.54, 1.807) is 7.11 Å². The molecule has 1 heterocycles. The molecule has 0 amide bonds. The van der Waals surface area contributed by atoms with Crippen LogP contribution in [0.15, 0.2) is 24.3 Å². The fraction of sp³-hybridized carbons (Fsp3) is 0.647. The predicted molar refractivity (Wildman–Crippen MR) is 86.7 cm³/mol. The number of hydrogen-bond acceptors (Lipinski definition) is 4. The molecule has 0 aromatic heterocycles. The van der Waals surface area contributed by atoms with Crippen molar-refractivity contribution in [1.29, 1.82) is 0 Å². The van der Waals surface area contributed by atoms with Crippen molar-refractivity contribution in [3.63, 3.8) is 0 Å². The molecule has 0 spiro atoms. The molecule has 4 nitrogen and oxygen atoms in total. The molecule has 2 rings (SSSR count). The monoisotopic (exact) mass is 292 g/mol. The second-order valence-corrected chi connectivity index (χ2v) is 6.04. The number of rotatable bonds is 7. The van der Waals surface area contributed by atoms with E-state index in [0.29, 0.717) is 12.0 Å². The van der Waals surface area contributed by atoms with Crippen molar-refractivity contribution >= 4 is 5.69 Å². The Morgan fingerprint density at radius 1 is 1.19 bits per heavy atom. The largest absolute Gasteiger partial charge is 0.383 e. The highest BCUT2D eigenvalue weighted by Crippen LogP contribution is 2.16. The van der Waals surface area contributed by atoms with Crippen molar-refractivity contribution in [1.82, 2.24) is 4.90 Å². The van der Waals surface area contributed by atoms with Gasteiger partial charge in [-0.05, 0) is 23.6 Å². The summed E-state index contributed by atoms with van der Waals surface area (Å²) in [5.41, 5.74) is 2.52. The zero-order chi connectivity index (χ0) is 15.1. The first-order valence-electron chi connectivity index (χ1n) is 7.83. The van der Waals surface area contributed by atoms with E-state index >= 15 is 0 Å². The Balaban J connectivity index is 1.88. The topological polar surface area (TPSA) is 33.7 Å². The van der Waals surface area contributed by atoms with E-state index in [0.717, 1.165) is 45.1 Å². The molecule has 1 saturated heterocycles.